The van der Waals surface area contributed by atoms with Crippen molar-refractivity contribution in [1.29, 1.82) is 0 Å². The number of ether oxygens (including phenoxy) is 2. The summed E-state index contributed by atoms with van der Waals surface area (Å²) >= 11 is 0. The van der Waals surface area contributed by atoms with Crippen LogP contribution >= 0.6 is 0 Å². The first-order chi connectivity index (χ1) is 16.2. The fraction of sp³-hybridized carbons (Fsp3) is 0.720. The standard InChI is InChI=1S/C25H44N2O7Si2/c1-16-14-27(23(30)26-21(16)29)22-20(34-36(11,12)25(5,6)7)17(13-19(28)31-8)18(33-22)15-32-35(9,10)24(2,3)4/h13-14,18,20,22H,15H2,1-12H3,(H,26,29,30)/b17-13+. The predicted molar refractivity (Wildman–Crippen MR) is 145 cm³/mol. The third-order valence-corrected chi connectivity index (χ3v) is 16.8. The van der Waals surface area contributed by atoms with Crippen molar-refractivity contribution in [2.45, 2.75) is 103 Å². The average molecular weight is 541 g/mol. The van der Waals surface area contributed by atoms with Crippen molar-refractivity contribution in [3.05, 3.63) is 44.2 Å². The smallest absolute Gasteiger partial charge is 0.330 e. The minimum absolute atomic E-state index is 0.0265. The highest BCUT2D eigenvalue weighted by Gasteiger charge is 2.49. The van der Waals surface area contributed by atoms with Crippen LogP contribution in [0.5, 0.6) is 0 Å². The molecular weight excluding hydrogens is 496 g/mol. The molecule has 0 radical (unpaired) electrons. The Morgan fingerprint density at radius 3 is 2.14 bits per heavy atom. The summed E-state index contributed by atoms with van der Waals surface area (Å²) in [6.45, 7) is 23.1. The van der Waals surface area contributed by atoms with E-state index in [1.54, 1.807) is 6.92 Å². The fourth-order valence-electron chi connectivity index (χ4n) is 3.28. The fourth-order valence-corrected chi connectivity index (χ4v) is 5.52. The molecule has 0 saturated carbocycles. The van der Waals surface area contributed by atoms with Crippen LogP contribution in [0.3, 0.4) is 0 Å². The van der Waals surface area contributed by atoms with Gasteiger partial charge in [-0.3, -0.25) is 14.3 Å². The molecule has 11 heteroatoms. The van der Waals surface area contributed by atoms with Crippen LogP contribution in [0.4, 0.5) is 0 Å². The predicted octanol–water partition coefficient (Wildman–Crippen LogP) is 4.25. The van der Waals surface area contributed by atoms with Crippen LogP contribution in [0.25, 0.3) is 0 Å². The highest BCUT2D eigenvalue weighted by Crippen LogP contribution is 2.44. The number of aromatic nitrogens is 2. The van der Waals surface area contributed by atoms with Gasteiger partial charge >= 0.3 is 11.7 Å². The van der Waals surface area contributed by atoms with E-state index < -0.39 is 52.3 Å². The van der Waals surface area contributed by atoms with Gasteiger partial charge in [0.25, 0.3) is 5.56 Å². The van der Waals surface area contributed by atoms with Gasteiger partial charge in [-0.05, 0) is 48.8 Å². The van der Waals surface area contributed by atoms with Crippen molar-refractivity contribution >= 4 is 22.6 Å². The summed E-state index contributed by atoms with van der Waals surface area (Å²) in [6.07, 6.45) is 0.575. The van der Waals surface area contributed by atoms with E-state index in [1.807, 2.05) is 0 Å². The van der Waals surface area contributed by atoms with E-state index in [-0.39, 0.29) is 16.7 Å². The second kappa shape index (κ2) is 10.5. The normalized spacial score (nSPS) is 22.8. The highest BCUT2D eigenvalue weighted by atomic mass is 28.4. The molecule has 3 unspecified atom stereocenters. The summed E-state index contributed by atoms with van der Waals surface area (Å²) < 4.78 is 25.9. The second-order valence-corrected chi connectivity index (χ2v) is 22.1. The van der Waals surface area contributed by atoms with Crippen molar-refractivity contribution in [1.82, 2.24) is 9.55 Å². The molecule has 3 atom stereocenters. The molecule has 9 nitrogen and oxygen atoms in total. The number of nitrogens with zero attached hydrogens (tertiary/aromatic N) is 1. The molecule has 0 aliphatic carbocycles. The summed E-state index contributed by atoms with van der Waals surface area (Å²) in [5, 5.41) is -0.170. The van der Waals surface area contributed by atoms with E-state index in [1.165, 1.54) is 23.9 Å². The molecular formula is C25H44N2O7Si2. The maximum absolute atomic E-state index is 12.9. The Hall–Kier alpha value is -1.80. The van der Waals surface area contributed by atoms with Gasteiger partial charge < -0.3 is 18.3 Å². The molecule has 1 aliphatic rings. The number of methoxy groups -OCH3 is 1. The van der Waals surface area contributed by atoms with Gasteiger partial charge in [-0.25, -0.2) is 9.59 Å². The summed E-state index contributed by atoms with van der Waals surface area (Å²) in [5.74, 6) is -0.541. The molecule has 1 aliphatic heterocycles. The Kier molecular flexibility index (Phi) is 8.89. The lowest BCUT2D eigenvalue weighted by Crippen LogP contribution is -2.47. The zero-order chi connectivity index (χ0) is 27.9. The van der Waals surface area contributed by atoms with Gasteiger partial charge in [0.05, 0.1) is 13.7 Å². The topological polar surface area (TPSA) is 109 Å². The molecule has 2 heterocycles. The summed E-state index contributed by atoms with van der Waals surface area (Å²) in [5.41, 5.74) is -0.142. The van der Waals surface area contributed by atoms with Crippen LogP contribution in [0, 0.1) is 6.92 Å². The molecule has 0 amide bonds. The number of aryl methyl sites for hydroxylation is 1. The number of carbonyl (C=O) groups excluding carboxylic acids is 1. The molecule has 204 valence electrons. The van der Waals surface area contributed by atoms with Crippen molar-refractivity contribution in [2.75, 3.05) is 13.7 Å². The molecule has 1 aromatic rings. The van der Waals surface area contributed by atoms with E-state index >= 15 is 0 Å². The van der Waals surface area contributed by atoms with E-state index in [2.05, 4.69) is 72.7 Å². The Balaban J connectivity index is 2.65. The summed E-state index contributed by atoms with van der Waals surface area (Å²) in [4.78, 5) is 39.7. The lowest BCUT2D eigenvalue weighted by Gasteiger charge is -2.39. The molecule has 2 rings (SSSR count). The van der Waals surface area contributed by atoms with Crippen molar-refractivity contribution in [2.24, 2.45) is 0 Å². The molecule has 1 saturated heterocycles. The van der Waals surface area contributed by atoms with E-state index in [4.69, 9.17) is 18.3 Å². The molecule has 36 heavy (non-hydrogen) atoms. The quantitative estimate of drug-likeness (QED) is 0.313. The molecule has 0 spiro atoms. The van der Waals surface area contributed by atoms with Gasteiger partial charge in [0.15, 0.2) is 22.9 Å². The van der Waals surface area contributed by atoms with Crippen LogP contribution < -0.4 is 11.2 Å². The third kappa shape index (κ3) is 6.55. The van der Waals surface area contributed by atoms with Crippen LogP contribution in [0.15, 0.2) is 27.4 Å². The van der Waals surface area contributed by atoms with Crippen LogP contribution in [-0.2, 0) is 23.1 Å². The Morgan fingerprint density at radius 2 is 1.64 bits per heavy atom. The van der Waals surface area contributed by atoms with E-state index in [9.17, 15) is 14.4 Å². The maximum atomic E-state index is 12.9. The van der Waals surface area contributed by atoms with Gasteiger partial charge in [0.1, 0.15) is 12.2 Å². The lowest BCUT2D eigenvalue weighted by atomic mass is 10.1. The lowest BCUT2D eigenvalue weighted by molar-refractivity contribution is -0.135. The Morgan fingerprint density at radius 1 is 1.08 bits per heavy atom. The van der Waals surface area contributed by atoms with Gasteiger partial charge in [0, 0.05) is 17.8 Å². The van der Waals surface area contributed by atoms with Crippen molar-refractivity contribution in [3.63, 3.8) is 0 Å². The van der Waals surface area contributed by atoms with Gasteiger partial charge in [-0.2, -0.15) is 0 Å². The number of hydrogen-bond acceptors (Lipinski definition) is 7. The number of rotatable bonds is 7. The zero-order valence-electron chi connectivity index (χ0n) is 23.9. The third-order valence-electron chi connectivity index (χ3n) is 7.80. The SMILES string of the molecule is COC(=O)/C=C1\C(CO[Si](C)(C)C(C)(C)C)OC(n2cc(C)c(=O)[nH]c2=O)C1O[Si](C)(C)C(C)(C)C. The minimum atomic E-state index is -2.40. The van der Waals surface area contributed by atoms with Gasteiger partial charge in [-0.15, -0.1) is 0 Å². The number of hydrogen-bond donors (Lipinski definition) is 1. The van der Waals surface area contributed by atoms with Gasteiger partial charge in [-0.1, -0.05) is 41.5 Å². The number of carbonyl (C=O) groups is 1. The zero-order valence-corrected chi connectivity index (χ0v) is 25.9. The number of esters is 1. The van der Waals surface area contributed by atoms with E-state index in [0.29, 0.717) is 11.1 Å². The molecule has 1 fully saturated rings. The van der Waals surface area contributed by atoms with Crippen LogP contribution in [-0.4, -0.2) is 58.1 Å². The van der Waals surface area contributed by atoms with Crippen LogP contribution in [0.1, 0.15) is 53.3 Å². The molecule has 0 bridgehead atoms. The second-order valence-electron chi connectivity index (χ2n) is 12.5. The molecule has 1 aromatic heterocycles. The number of aromatic amines is 1. The van der Waals surface area contributed by atoms with E-state index in [0.717, 1.165) is 0 Å². The molecule has 1 N–H and O–H groups in total. The first-order valence-electron chi connectivity index (χ1n) is 12.3. The molecule has 0 aromatic carbocycles. The Bertz CT molecular complexity index is 1110. The largest absolute Gasteiger partial charge is 0.466 e. The maximum Gasteiger partial charge on any atom is 0.330 e. The number of nitrogens with one attached hydrogen (secondary N) is 1. The van der Waals surface area contributed by atoms with Crippen molar-refractivity contribution < 1.29 is 23.1 Å². The monoisotopic (exact) mass is 540 g/mol. The number of H-pyrrole nitrogens is 1. The minimum Gasteiger partial charge on any atom is -0.466 e. The first-order valence-corrected chi connectivity index (χ1v) is 18.1. The van der Waals surface area contributed by atoms with Crippen LogP contribution in [0.2, 0.25) is 36.3 Å². The summed E-state index contributed by atoms with van der Waals surface area (Å²) in [7, 11) is -3.24. The Labute approximate surface area is 216 Å². The summed E-state index contributed by atoms with van der Waals surface area (Å²) in [6, 6.07) is 0. The van der Waals surface area contributed by atoms with Gasteiger partial charge in [0.2, 0.25) is 0 Å². The first kappa shape index (κ1) is 30.4. The average Bonchev–Trinajstić information content (AvgIpc) is 3.03. The van der Waals surface area contributed by atoms with Crippen molar-refractivity contribution in [3.8, 4) is 0 Å². The highest BCUT2D eigenvalue weighted by molar-refractivity contribution is 6.74.